The minimum atomic E-state index is -0.738. The third-order valence-corrected chi connectivity index (χ3v) is 3.47. The Kier molecular flexibility index (Phi) is 5.31. The molecule has 1 aliphatic rings. The van der Waals surface area contributed by atoms with Crippen molar-refractivity contribution in [2.75, 3.05) is 6.61 Å². The lowest BCUT2D eigenvalue weighted by Gasteiger charge is -2.28. The molecule has 1 heterocycles. The van der Waals surface area contributed by atoms with E-state index in [1.807, 2.05) is 0 Å². The van der Waals surface area contributed by atoms with Gasteiger partial charge in [0.2, 0.25) is 0 Å². The van der Waals surface area contributed by atoms with Crippen LogP contribution in [0.1, 0.15) is 25.5 Å². The summed E-state index contributed by atoms with van der Waals surface area (Å²) >= 11 is 0. The molecular formula is C16H17N3O5. The molecule has 0 fully saturated rings. The molecule has 1 aromatic rings. The van der Waals surface area contributed by atoms with Gasteiger partial charge in [-0.2, -0.15) is 0 Å². The number of benzene rings is 1. The second-order valence-corrected chi connectivity index (χ2v) is 5.09. The second kappa shape index (κ2) is 7.40. The van der Waals surface area contributed by atoms with E-state index < -0.39 is 23.0 Å². The van der Waals surface area contributed by atoms with E-state index in [0.29, 0.717) is 11.3 Å². The Hall–Kier alpha value is -3.16. The Morgan fingerprint density at radius 2 is 2.04 bits per heavy atom. The number of amides is 2. The fourth-order valence-electron chi connectivity index (χ4n) is 2.30. The zero-order valence-corrected chi connectivity index (χ0v) is 13.2. The summed E-state index contributed by atoms with van der Waals surface area (Å²) in [5.41, 5.74) is 1.12. The van der Waals surface area contributed by atoms with E-state index in [1.165, 1.54) is 24.3 Å². The van der Waals surface area contributed by atoms with Crippen LogP contribution in [-0.4, -0.2) is 23.5 Å². The molecule has 0 unspecified atom stereocenters. The molecule has 0 saturated heterocycles. The van der Waals surface area contributed by atoms with Crippen molar-refractivity contribution >= 4 is 17.7 Å². The summed E-state index contributed by atoms with van der Waals surface area (Å²) in [5.74, 6) is -0.568. The summed E-state index contributed by atoms with van der Waals surface area (Å²) in [5, 5.41) is 15.9. The Morgan fingerprint density at radius 3 is 2.62 bits per heavy atom. The van der Waals surface area contributed by atoms with E-state index in [9.17, 15) is 19.7 Å². The zero-order chi connectivity index (χ0) is 17.7. The predicted molar refractivity (Wildman–Crippen MR) is 86.0 cm³/mol. The van der Waals surface area contributed by atoms with Gasteiger partial charge in [0, 0.05) is 17.8 Å². The van der Waals surface area contributed by atoms with Crippen LogP contribution in [0.25, 0.3) is 0 Å². The summed E-state index contributed by atoms with van der Waals surface area (Å²) < 4.78 is 5.16. The standard InChI is InChI=1S/C16H17N3O5/c1-3-4-9-24-15(20)13-10(2)17-16(21)18-14(13)11-5-7-12(8-6-11)19(22)23/h3-8,14H,9H2,1-2H3,(H2,17,18,21)/b4-3-/t14-/m0/s1. The number of carbonyl (C=O) groups is 2. The van der Waals surface area contributed by atoms with Crippen LogP contribution in [0.2, 0.25) is 0 Å². The summed E-state index contributed by atoms with van der Waals surface area (Å²) in [4.78, 5) is 34.3. The average molecular weight is 331 g/mol. The summed E-state index contributed by atoms with van der Waals surface area (Å²) in [6.07, 6.45) is 3.44. The molecule has 126 valence electrons. The molecule has 8 heteroatoms. The van der Waals surface area contributed by atoms with Crippen LogP contribution in [0.4, 0.5) is 10.5 Å². The number of non-ortho nitro benzene ring substituents is 1. The van der Waals surface area contributed by atoms with Crippen LogP contribution < -0.4 is 10.6 Å². The van der Waals surface area contributed by atoms with Crippen molar-refractivity contribution in [3.63, 3.8) is 0 Å². The number of ether oxygens (including phenoxy) is 1. The van der Waals surface area contributed by atoms with Crippen molar-refractivity contribution in [1.29, 1.82) is 0 Å². The van der Waals surface area contributed by atoms with Gasteiger partial charge in [-0.1, -0.05) is 12.2 Å². The van der Waals surface area contributed by atoms with Crippen molar-refractivity contribution in [2.45, 2.75) is 19.9 Å². The summed E-state index contributed by atoms with van der Waals surface area (Å²) in [6.45, 7) is 3.52. The topological polar surface area (TPSA) is 111 Å². The van der Waals surface area contributed by atoms with Crippen molar-refractivity contribution in [1.82, 2.24) is 10.6 Å². The molecule has 2 amide bonds. The van der Waals surface area contributed by atoms with Gasteiger partial charge in [-0.15, -0.1) is 0 Å². The highest BCUT2D eigenvalue weighted by molar-refractivity contribution is 5.95. The summed E-state index contributed by atoms with van der Waals surface area (Å²) in [7, 11) is 0. The van der Waals surface area contributed by atoms with Gasteiger partial charge >= 0.3 is 12.0 Å². The molecule has 0 saturated carbocycles. The third-order valence-electron chi connectivity index (χ3n) is 3.47. The van der Waals surface area contributed by atoms with Gasteiger partial charge in [0.15, 0.2) is 0 Å². The molecule has 24 heavy (non-hydrogen) atoms. The highest BCUT2D eigenvalue weighted by atomic mass is 16.6. The van der Waals surface area contributed by atoms with Crippen LogP contribution in [0.15, 0.2) is 47.7 Å². The van der Waals surface area contributed by atoms with Crippen molar-refractivity contribution in [3.8, 4) is 0 Å². The summed E-state index contributed by atoms with van der Waals surface area (Å²) in [6, 6.07) is 4.45. The number of nitrogens with one attached hydrogen (secondary N) is 2. The lowest BCUT2D eigenvalue weighted by molar-refractivity contribution is -0.384. The molecule has 0 aromatic heterocycles. The van der Waals surface area contributed by atoms with Crippen LogP contribution in [0, 0.1) is 10.1 Å². The minimum Gasteiger partial charge on any atom is -0.458 e. The second-order valence-electron chi connectivity index (χ2n) is 5.09. The van der Waals surface area contributed by atoms with Gasteiger partial charge in [0.05, 0.1) is 16.5 Å². The minimum absolute atomic E-state index is 0.0723. The maximum Gasteiger partial charge on any atom is 0.338 e. The number of hydrogen-bond acceptors (Lipinski definition) is 5. The number of rotatable bonds is 5. The monoisotopic (exact) mass is 331 g/mol. The molecule has 0 bridgehead atoms. The molecule has 1 aromatic carbocycles. The quantitative estimate of drug-likeness (QED) is 0.372. The highest BCUT2D eigenvalue weighted by Crippen LogP contribution is 2.28. The number of nitrogens with zero attached hydrogens (tertiary/aromatic N) is 1. The first-order chi connectivity index (χ1) is 11.4. The number of nitro groups is 1. The van der Waals surface area contributed by atoms with E-state index in [1.54, 1.807) is 26.0 Å². The van der Waals surface area contributed by atoms with E-state index in [4.69, 9.17) is 4.74 Å². The first-order valence-electron chi connectivity index (χ1n) is 7.25. The van der Waals surface area contributed by atoms with Gasteiger partial charge in [-0.3, -0.25) is 10.1 Å². The first-order valence-corrected chi connectivity index (χ1v) is 7.25. The molecule has 0 spiro atoms. The van der Waals surface area contributed by atoms with Gasteiger partial charge in [0.25, 0.3) is 5.69 Å². The van der Waals surface area contributed by atoms with Crippen molar-refractivity contribution in [2.24, 2.45) is 0 Å². The molecule has 1 aliphatic heterocycles. The normalized spacial score (nSPS) is 17.4. The number of carbonyl (C=O) groups excluding carboxylic acids is 2. The number of hydrogen-bond donors (Lipinski definition) is 2. The van der Waals surface area contributed by atoms with Crippen molar-refractivity contribution < 1.29 is 19.2 Å². The van der Waals surface area contributed by atoms with E-state index in [0.717, 1.165) is 0 Å². The van der Waals surface area contributed by atoms with Gasteiger partial charge in [-0.25, -0.2) is 9.59 Å². The largest absolute Gasteiger partial charge is 0.458 e. The molecular weight excluding hydrogens is 314 g/mol. The van der Waals surface area contributed by atoms with Gasteiger partial charge in [0.1, 0.15) is 6.61 Å². The first kappa shape index (κ1) is 17.2. The maximum atomic E-state index is 12.3. The van der Waals surface area contributed by atoms with Crippen molar-refractivity contribution in [3.05, 3.63) is 63.4 Å². The molecule has 1 atom stereocenters. The molecule has 2 N–H and O–H groups in total. The van der Waals surface area contributed by atoms with Crippen LogP contribution in [-0.2, 0) is 9.53 Å². The van der Waals surface area contributed by atoms with Gasteiger partial charge in [-0.05, 0) is 31.5 Å². The Labute approximate surface area is 138 Å². The molecule has 0 aliphatic carbocycles. The SMILES string of the molecule is C/C=C\COC(=O)C1=C(C)NC(=O)N[C@H]1c1ccc([N+](=O)[O-])cc1. The lowest BCUT2D eigenvalue weighted by atomic mass is 9.95. The lowest BCUT2D eigenvalue weighted by Crippen LogP contribution is -2.45. The number of urea groups is 1. The fraction of sp³-hybridized carbons (Fsp3) is 0.250. The van der Waals surface area contributed by atoms with E-state index in [-0.39, 0.29) is 17.9 Å². The maximum absolute atomic E-state index is 12.3. The van der Waals surface area contributed by atoms with Gasteiger partial charge < -0.3 is 15.4 Å². The molecule has 2 rings (SSSR count). The number of allylic oxidation sites excluding steroid dienone is 2. The fourth-order valence-corrected chi connectivity index (χ4v) is 2.30. The Bertz CT molecular complexity index is 722. The average Bonchev–Trinajstić information content (AvgIpc) is 2.54. The number of nitro benzene ring substituents is 1. The van der Waals surface area contributed by atoms with Crippen LogP contribution in [0.3, 0.4) is 0 Å². The molecule has 8 nitrogen and oxygen atoms in total. The molecule has 0 radical (unpaired) electrons. The Morgan fingerprint density at radius 1 is 1.38 bits per heavy atom. The van der Waals surface area contributed by atoms with E-state index >= 15 is 0 Å². The smallest absolute Gasteiger partial charge is 0.338 e. The predicted octanol–water partition coefficient (Wildman–Crippen LogP) is 2.34. The Balaban J connectivity index is 2.33. The van der Waals surface area contributed by atoms with Crippen LogP contribution >= 0.6 is 0 Å². The third kappa shape index (κ3) is 3.78. The number of esters is 1. The highest BCUT2D eigenvalue weighted by Gasteiger charge is 2.32. The van der Waals surface area contributed by atoms with E-state index in [2.05, 4.69) is 10.6 Å². The zero-order valence-electron chi connectivity index (χ0n) is 13.2. The van der Waals surface area contributed by atoms with Crippen LogP contribution in [0.5, 0.6) is 0 Å².